The van der Waals surface area contributed by atoms with Crippen LogP contribution in [0.3, 0.4) is 0 Å². The van der Waals surface area contributed by atoms with Crippen molar-refractivity contribution in [1.29, 1.82) is 0 Å². The van der Waals surface area contributed by atoms with Crippen LogP contribution in [0.2, 0.25) is 0 Å². The van der Waals surface area contributed by atoms with Crippen LogP contribution in [-0.2, 0) is 25.7 Å². The van der Waals surface area contributed by atoms with Gasteiger partial charge in [-0.1, -0.05) is 51.2 Å². The van der Waals surface area contributed by atoms with E-state index in [9.17, 15) is 24.0 Å². The van der Waals surface area contributed by atoms with Crippen LogP contribution < -0.4 is 19.8 Å². The number of carbonyl (C=O) groups excluding carboxylic acids is 4. The molecule has 13 heteroatoms. The summed E-state index contributed by atoms with van der Waals surface area (Å²) in [6.45, 7) is 1.67. The van der Waals surface area contributed by atoms with Crippen molar-refractivity contribution in [3.63, 3.8) is 0 Å². The summed E-state index contributed by atoms with van der Waals surface area (Å²) in [5.41, 5.74) is 2.01. The average molecular weight is 709 g/mol. The van der Waals surface area contributed by atoms with Crippen LogP contribution in [0, 0.1) is 5.92 Å². The van der Waals surface area contributed by atoms with Gasteiger partial charge in [-0.3, -0.25) is 23.7 Å². The van der Waals surface area contributed by atoms with E-state index in [2.05, 4.69) is 21.2 Å². The zero-order valence-electron chi connectivity index (χ0n) is 24.0. The number of imide groups is 1. The first-order valence-corrected chi connectivity index (χ1v) is 16.4. The van der Waals surface area contributed by atoms with Crippen LogP contribution in [-0.4, -0.2) is 47.2 Å². The normalized spacial score (nSPS) is 18.7. The molecule has 1 N–H and O–H groups in total. The highest BCUT2D eigenvalue weighted by Crippen LogP contribution is 2.54. The number of fused-ring (bicyclic) bond motifs is 2. The Morgan fingerprint density at radius 2 is 1.62 bits per heavy atom. The third-order valence-corrected chi connectivity index (χ3v) is 10.7. The second-order valence-electron chi connectivity index (χ2n) is 10.3. The number of hydrogen-bond donors (Lipinski definition) is 1. The quantitative estimate of drug-likeness (QED) is 0.194. The van der Waals surface area contributed by atoms with E-state index in [4.69, 9.17) is 9.47 Å². The summed E-state index contributed by atoms with van der Waals surface area (Å²) in [6.07, 6.45) is 0. The molecule has 1 fully saturated rings. The zero-order chi connectivity index (χ0) is 31.8. The second-order valence-corrected chi connectivity index (χ2v) is 13.3. The van der Waals surface area contributed by atoms with Crippen molar-refractivity contribution in [2.45, 2.75) is 29.7 Å². The molecule has 0 spiro atoms. The molecule has 6 rings (SSSR count). The molecule has 0 radical (unpaired) electrons. The molecular formula is C32H26BrN3O7S2. The Morgan fingerprint density at radius 3 is 2.27 bits per heavy atom. The summed E-state index contributed by atoms with van der Waals surface area (Å²) >= 11 is 5.59. The minimum atomic E-state index is -0.806. The molecule has 1 saturated heterocycles. The standard InChI is InChI=1S/C32H26BrN3O7S2/c1-3-43-31(40)18-6-10-20(11-7-18)34-23(37)16-35-30-27(45-32(35)41)24(17-4-8-19(33)9-5-17)25-26(44-30)29(39)36(28(25)38)21-12-14-22(42-2)15-13-21/h4-15,24-26H,3,16H2,1-2H3,(H,34,37)/t24-,25-,26+/m0/s1. The number of ether oxygens (including phenoxy) is 2. The predicted octanol–water partition coefficient (Wildman–Crippen LogP) is 5.29. The third-order valence-electron chi connectivity index (χ3n) is 7.59. The second kappa shape index (κ2) is 12.7. The van der Waals surface area contributed by atoms with Crippen molar-refractivity contribution in [1.82, 2.24) is 4.57 Å². The Bertz CT molecular complexity index is 1850. The van der Waals surface area contributed by atoms with E-state index in [-0.39, 0.29) is 29.8 Å². The maximum atomic E-state index is 14.0. The van der Waals surface area contributed by atoms with Gasteiger partial charge in [0.2, 0.25) is 17.7 Å². The molecular weight excluding hydrogens is 682 g/mol. The number of methoxy groups -OCH3 is 1. The molecule has 10 nitrogen and oxygen atoms in total. The molecule has 0 bridgehead atoms. The zero-order valence-corrected chi connectivity index (χ0v) is 27.2. The van der Waals surface area contributed by atoms with E-state index >= 15 is 0 Å². The van der Waals surface area contributed by atoms with Gasteiger partial charge in [-0.25, -0.2) is 9.69 Å². The van der Waals surface area contributed by atoms with Crippen LogP contribution in [0.5, 0.6) is 5.75 Å². The van der Waals surface area contributed by atoms with E-state index in [1.54, 1.807) is 55.5 Å². The van der Waals surface area contributed by atoms with Crippen LogP contribution in [0.1, 0.15) is 33.6 Å². The van der Waals surface area contributed by atoms with Crippen molar-refractivity contribution < 1.29 is 28.7 Å². The monoisotopic (exact) mass is 707 g/mol. The molecule has 230 valence electrons. The lowest BCUT2D eigenvalue weighted by Gasteiger charge is -2.30. The molecule has 4 aromatic rings. The minimum absolute atomic E-state index is 0.249. The molecule has 3 aromatic carbocycles. The number of thioether (sulfide) groups is 1. The van der Waals surface area contributed by atoms with Gasteiger partial charge in [-0.05, 0) is 73.2 Å². The summed E-state index contributed by atoms with van der Waals surface area (Å²) in [5, 5.41) is 2.45. The van der Waals surface area contributed by atoms with Gasteiger partial charge in [-0.2, -0.15) is 0 Å². The fourth-order valence-electron chi connectivity index (χ4n) is 5.52. The smallest absolute Gasteiger partial charge is 0.338 e. The Balaban J connectivity index is 1.33. The SMILES string of the molecule is CCOC(=O)c1ccc(NC(=O)Cn2c3c(sc2=O)[C@@H](c2ccc(Br)cc2)[C@@H]2C(=O)N(c4ccc(OC)cc4)C(=O)[C@@H]2S3)cc1. The average Bonchev–Trinajstić information content (AvgIpc) is 3.48. The molecule has 1 aromatic heterocycles. The molecule has 0 saturated carbocycles. The highest BCUT2D eigenvalue weighted by molar-refractivity contribution is 9.10. The number of amides is 3. The summed E-state index contributed by atoms with van der Waals surface area (Å²) in [7, 11) is 1.54. The number of halogens is 1. The fraction of sp³-hybridized carbons (Fsp3) is 0.219. The molecule has 3 atom stereocenters. The summed E-state index contributed by atoms with van der Waals surface area (Å²) < 4.78 is 12.4. The Morgan fingerprint density at radius 1 is 0.933 bits per heavy atom. The lowest BCUT2D eigenvalue weighted by molar-refractivity contribution is -0.122. The first-order chi connectivity index (χ1) is 21.7. The van der Waals surface area contributed by atoms with E-state index in [1.807, 2.05) is 24.3 Å². The molecule has 3 heterocycles. The number of nitrogens with one attached hydrogen (secondary N) is 1. The van der Waals surface area contributed by atoms with E-state index in [0.29, 0.717) is 32.6 Å². The van der Waals surface area contributed by atoms with Crippen molar-refractivity contribution in [2.75, 3.05) is 23.9 Å². The summed E-state index contributed by atoms with van der Waals surface area (Å²) in [4.78, 5) is 67.9. The van der Waals surface area contributed by atoms with Crippen LogP contribution in [0.15, 0.2) is 87.1 Å². The Labute approximate surface area is 274 Å². The van der Waals surface area contributed by atoms with Gasteiger partial charge < -0.3 is 14.8 Å². The number of nitrogens with zero attached hydrogens (tertiary/aromatic N) is 2. The van der Waals surface area contributed by atoms with Crippen LogP contribution >= 0.6 is 39.0 Å². The predicted molar refractivity (Wildman–Crippen MR) is 174 cm³/mol. The number of carbonyl (C=O) groups is 4. The number of rotatable bonds is 8. The van der Waals surface area contributed by atoms with Crippen LogP contribution in [0.4, 0.5) is 11.4 Å². The first-order valence-electron chi connectivity index (χ1n) is 13.9. The Kier molecular flexibility index (Phi) is 8.67. The number of esters is 1. The van der Waals surface area contributed by atoms with E-state index in [0.717, 1.165) is 33.1 Å². The van der Waals surface area contributed by atoms with Crippen molar-refractivity contribution in [3.8, 4) is 5.75 Å². The number of benzene rings is 3. The van der Waals surface area contributed by atoms with Gasteiger partial charge in [0.25, 0.3) is 0 Å². The van der Waals surface area contributed by atoms with Gasteiger partial charge in [0.15, 0.2) is 0 Å². The minimum Gasteiger partial charge on any atom is -0.497 e. The van der Waals surface area contributed by atoms with Gasteiger partial charge in [0, 0.05) is 21.0 Å². The van der Waals surface area contributed by atoms with Crippen molar-refractivity contribution in [3.05, 3.63) is 103 Å². The van der Waals surface area contributed by atoms with Gasteiger partial charge in [0.1, 0.15) is 17.5 Å². The molecule has 3 amide bonds. The highest BCUT2D eigenvalue weighted by Gasteiger charge is 2.56. The molecule has 0 unspecified atom stereocenters. The molecule has 2 aliphatic heterocycles. The van der Waals surface area contributed by atoms with Gasteiger partial charge in [0.05, 0.1) is 35.9 Å². The van der Waals surface area contributed by atoms with Gasteiger partial charge >= 0.3 is 10.8 Å². The highest BCUT2D eigenvalue weighted by atomic mass is 79.9. The third kappa shape index (κ3) is 5.83. The number of hydrogen-bond acceptors (Lipinski definition) is 9. The van der Waals surface area contributed by atoms with Crippen molar-refractivity contribution in [2.24, 2.45) is 5.92 Å². The topological polar surface area (TPSA) is 124 Å². The lowest BCUT2D eigenvalue weighted by atomic mass is 9.83. The molecule has 0 aliphatic carbocycles. The fourth-order valence-corrected chi connectivity index (χ4v) is 8.56. The molecule has 45 heavy (non-hydrogen) atoms. The van der Waals surface area contributed by atoms with Crippen LogP contribution in [0.25, 0.3) is 0 Å². The largest absolute Gasteiger partial charge is 0.497 e. The Hall–Kier alpha value is -4.20. The lowest BCUT2D eigenvalue weighted by Crippen LogP contribution is -2.33. The molecule has 2 aliphatic rings. The van der Waals surface area contributed by atoms with E-state index in [1.165, 1.54) is 16.6 Å². The number of thiazole rings is 1. The summed E-state index contributed by atoms with van der Waals surface area (Å²) in [5.74, 6) is -2.39. The summed E-state index contributed by atoms with van der Waals surface area (Å²) in [6, 6.07) is 20.4. The first kappa shape index (κ1) is 30.8. The maximum absolute atomic E-state index is 14.0. The van der Waals surface area contributed by atoms with Gasteiger partial charge in [-0.15, -0.1) is 0 Å². The number of anilines is 2. The maximum Gasteiger partial charge on any atom is 0.338 e. The van der Waals surface area contributed by atoms with Crippen molar-refractivity contribution >= 4 is 74.1 Å². The van der Waals surface area contributed by atoms with E-state index < -0.39 is 29.0 Å². The number of aromatic nitrogens is 1.